The lowest BCUT2D eigenvalue weighted by molar-refractivity contribution is 0.273. The van der Waals surface area contributed by atoms with Gasteiger partial charge in [-0.2, -0.15) is 0 Å². The monoisotopic (exact) mass is 312 g/mol. The summed E-state index contributed by atoms with van der Waals surface area (Å²) in [4.78, 5) is 4.19. The van der Waals surface area contributed by atoms with E-state index in [2.05, 4.69) is 10.3 Å². The van der Waals surface area contributed by atoms with Crippen molar-refractivity contribution in [2.45, 2.75) is 40.0 Å². The van der Waals surface area contributed by atoms with Gasteiger partial charge in [0.25, 0.3) is 0 Å². The van der Waals surface area contributed by atoms with Crippen molar-refractivity contribution in [2.75, 3.05) is 0 Å². The Balaban J connectivity index is 2.06. The second-order valence-corrected chi connectivity index (χ2v) is 6.04. The van der Waals surface area contributed by atoms with Crippen LogP contribution in [0.5, 0.6) is 5.75 Å². The van der Waals surface area contributed by atoms with Crippen LogP contribution in [0.1, 0.15) is 30.1 Å². The van der Waals surface area contributed by atoms with E-state index in [1.165, 1.54) is 23.5 Å². The first-order valence-electron chi connectivity index (χ1n) is 6.71. The Morgan fingerprint density at radius 1 is 1.29 bits per heavy atom. The number of rotatable bonds is 6. The summed E-state index contributed by atoms with van der Waals surface area (Å²) < 4.78 is 33.1. The summed E-state index contributed by atoms with van der Waals surface area (Å²) in [5, 5.41) is 5.67. The zero-order chi connectivity index (χ0) is 15.4. The van der Waals surface area contributed by atoms with E-state index in [1.54, 1.807) is 0 Å². The molecule has 0 saturated carbocycles. The summed E-state index contributed by atoms with van der Waals surface area (Å²) in [6.45, 7) is 6.28. The van der Waals surface area contributed by atoms with Crippen molar-refractivity contribution < 1.29 is 13.5 Å². The van der Waals surface area contributed by atoms with Gasteiger partial charge >= 0.3 is 0 Å². The first-order chi connectivity index (χ1) is 9.95. The third-order valence-electron chi connectivity index (χ3n) is 2.78. The normalized spacial score (nSPS) is 11.1. The number of benzene rings is 1. The predicted molar refractivity (Wildman–Crippen MR) is 79.5 cm³/mol. The zero-order valence-corrected chi connectivity index (χ0v) is 13.1. The van der Waals surface area contributed by atoms with E-state index in [0.717, 1.165) is 5.69 Å². The predicted octanol–water partition coefficient (Wildman–Crippen LogP) is 3.81. The van der Waals surface area contributed by atoms with Crippen LogP contribution < -0.4 is 10.1 Å². The summed E-state index contributed by atoms with van der Waals surface area (Å²) in [6, 6.07) is 2.84. The van der Waals surface area contributed by atoms with Gasteiger partial charge in [-0.25, -0.2) is 13.8 Å². The molecule has 0 radical (unpaired) electrons. The number of thiazole rings is 1. The van der Waals surface area contributed by atoms with Crippen molar-refractivity contribution in [2.24, 2.45) is 0 Å². The van der Waals surface area contributed by atoms with Crippen LogP contribution in [0.2, 0.25) is 0 Å². The first-order valence-corrected chi connectivity index (χ1v) is 7.58. The molecule has 0 saturated heterocycles. The summed E-state index contributed by atoms with van der Waals surface area (Å²) in [5.74, 6) is -1.73. The topological polar surface area (TPSA) is 34.1 Å². The second kappa shape index (κ2) is 6.95. The summed E-state index contributed by atoms with van der Waals surface area (Å²) in [6.07, 6.45) is 0. The Kier molecular flexibility index (Phi) is 5.25. The van der Waals surface area contributed by atoms with Gasteiger partial charge in [-0.1, -0.05) is 13.8 Å². The van der Waals surface area contributed by atoms with Crippen LogP contribution >= 0.6 is 11.3 Å². The summed E-state index contributed by atoms with van der Waals surface area (Å²) in [7, 11) is 0. The van der Waals surface area contributed by atoms with E-state index < -0.39 is 11.6 Å². The Morgan fingerprint density at radius 2 is 1.95 bits per heavy atom. The van der Waals surface area contributed by atoms with Crippen molar-refractivity contribution in [3.63, 3.8) is 0 Å². The number of halogens is 2. The molecule has 114 valence electrons. The summed E-state index contributed by atoms with van der Waals surface area (Å²) in [5.41, 5.74) is 1.42. The highest BCUT2D eigenvalue weighted by Crippen LogP contribution is 2.25. The molecule has 0 atom stereocenters. The van der Waals surface area contributed by atoms with E-state index >= 15 is 0 Å². The molecule has 2 rings (SSSR count). The van der Waals surface area contributed by atoms with Gasteiger partial charge in [0.2, 0.25) is 0 Å². The van der Waals surface area contributed by atoms with Crippen LogP contribution in [0.25, 0.3) is 0 Å². The lowest BCUT2D eigenvalue weighted by Crippen LogP contribution is -2.22. The molecule has 6 heteroatoms. The van der Waals surface area contributed by atoms with E-state index in [0.29, 0.717) is 17.1 Å². The fraction of sp³-hybridized carbons (Fsp3) is 0.400. The summed E-state index contributed by atoms with van der Waals surface area (Å²) >= 11 is 1.40. The molecule has 0 fully saturated rings. The molecule has 1 aromatic carbocycles. The first kappa shape index (κ1) is 15.9. The fourth-order valence-corrected chi connectivity index (χ4v) is 2.46. The van der Waals surface area contributed by atoms with Crippen molar-refractivity contribution in [3.8, 4) is 5.75 Å². The number of aromatic nitrogens is 1. The molecule has 0 amide bonds. The van der Waals surface area contributed by atoms with Crippen LogP contribution in [0.4, 0.5) is 8.78 Å². The molecule has 21 heavy (non-hydrogen) atoms. The SMILES string of the molecule is Cc1csc(COc2c(F)cc(CNC(C)C)cc2F)n1. The van der Waals surface area contributed by atoms with Gasteiger partial charge in [0.15, 0.2) is 17.4 Å². The van der Waals surface area contributed by atoms with Gasteiger partial charge in [0.05, 0.1) is 0 Å². The molecule has 0 aliphatic heterocycles. The van der Waals surface area contributed by atoms with Gasteiger partial charge in [0, 0.05) is 23.7 Å². The zero-order valence-electron chi connectivity index (χ0n) is 12.2. The number of hydrogen-bond donors (Lipinski definition) is 1. The smallest absolute Gasteiger partial charge is 0.191 e. The lowest BCUT2D eigenvalue weighted by atomic mass is 10.2. The number of ether oxygens (including phenoxy) is 1. The Morgan fingerprint density at radius 3 is 2.48 bits per heavy atom. The van der Waals surface area contributed by atoms with Crippen molar-refractivity contribution in [1.82, 2.24) is 10.3 Å². The third-order valence-corrected chi connectivity index (χ3v) is 3.72. The molecule has 3 nitrogen and oxygen atoms in total. The van der Waals surface area contributed by atoms with E-state index in [-0.39, 0.29) is 18.4 Å². The quantitative estimate of drug-likeness (QED) is 0.881. The minimum absolute atomic E-state index is 0.0654. The largest absolute Gasteiger partial charge is 0.480 e. The highest BCUT2D eigenvalue weighted by Gasteiger charge is 2.13. The minimum Gasteiger partial charge on any atom is -0.480 e. The fourth-order valence-electron chi connectivity index (χ4n) is 1.78. The van der Waals surface area contributed by atoms with Crippen molar-refractivity contribution >= 4 is 11.3 Å². The molecule has 1 heterocycles. The maximum atomic E-state index is 13.9. The number of aryl methyl sites for hydroxylation is 1. The standard InChI is InChI=1S/C15H18F2N2OS/c1-9(2)18-6-11-4-12(16)15(13(17)5-11)20-7-14-19-10(3)8-21-14/h4-5,8-9,18H,6-7H2,1-3H3. The highest BCUT2D eigenvalue weighted by molar-refractivity contribution is 7.09. The van der Waals surface area contributed by atoms with Crippen LogP contribution in [-0.4, -0.2) is 11.0 Å². The number of hydrogen-bond acceptors (Lipinski definition) is 4. The molecule has 0 aliphatic carbocycles. The Hall–Kier alpha value is -1.53. The van der Waals surface area contributed by atoms with Crippen LogP contribution in [-0.2, 0) is 13.2 Å². The van der Waals surface area contributed by atoms with Gasteiger partial charge in [-0.05, 0) is 24.6 Å². The van der Waals surface area contributed by atoms with Gasteiger partial charge in [-0.3, -0.25) is 0 Å². The van der Waals surface area contributed by atoms with Crippen LogP contribution in [0.3, 0.4) is 0 Å². The highest BCUT2D eigenvalue weighted by atomic mass is 32.1. The molecular weight excluding hydrogens is 294 g/mol. The lowest BCUT2D eigenvalue weighted by Gasteiger charge is -2.11. The molecule has 0 bridgehead atoms. The average Bonchev–Trinajstić information content (AvgIpc) is 2.81. The van der Waals surface area contributed by atoms with Gasteiger partial charge in [-0.15, -0.1) is 11.3 Å². The van der Waals surface area contributed by atoms with Gasteiger partial charge in [0.1, 0.15) is 11.6 Å². The Bertz CT molecular complexity index is 590. The number of nitrogens with one attached hydrogen (secondary N) is 1. The van der Waals surface area contributed by atoms with Crippen LogP contribution in [0.15, 0.2) is 17.5 Å². The molecular formula is C15H18F2N2OS. The molecule has 1 N–H and O–H groups in total. The average molecular weight is 312 g/mol. The minimum atomic E-state index is -0.691. The maximum absolute atomic E-state index is 13.9. The molecule has 0 spiro atoms. The molecule has 2 aromatic rings. The molecule has 1 aromatic heterocycles. The van der Waals surface area contributed by atoms with Crippen LogP contribution in [0, 0.1) is 18.6 Å². The third kappa shape index (κ3) is 4.47. The number of nitrogens with zero attached hydrogens (tertiary/aromatic N) is 1. The Labute approximate surface area is 127 Å². The van der Waals surface area contributed by atoms with E-state index in [1.807, 2.05) is 26.2 Å². The van der Waals surface area contributed by atoms with E-state index in [9.17, 15) is 8.78 Å². The van der Waals surface area contributed by atoms with Gasteiger partial charge < -0.3 is 10.1 Å². The van der Waals surface area contributed by atoms with Crippen molar-refractivity contribution in [1.29, 1.82) is 0 Å². The molecule has 0 unspecified atom stereocenters. The molecule has 0 aliphatic rings. The maximum Gasteiger partial charge on any atom is 0.191 e. The van der Waals surface area contributed by atoms with Crippen molar-refractivity contribution in [3.05, 3.63) is 45.4 Å². The van der Waals surface area contributed by atoms with E-state index in [4.69, 9.17) is 4.74 Å². The second-order valence-electron chi connectivity index (χ2n) is 5.10.